The third-order valence-corrected chi connectivity index (χ3v) is 3.72. The number of rotatable bonds is 6. The molecule has 18 heavy (non-hydrogen) atoms. The van der Waals surface area contributed by atoms with Crippen molar-refractivity contribution in [2.24, 2.45) is 11.8 Å². The topological polar surface area (TPSA) is 64.1 Å². The van der Waals surface area contributed by atoms with Crippen molar-refractivity contribution in [1.82, 2.24) is 11.5 Å². The van der Waals surface area contributed by atoms with Crippen LogP contribution in [0.1, 0.15) is 65.2 Å². The Morgan fingerprint density at radius 1 is 1.11 bits per heavy atom. The number of nitrogens with one attached hydrogen (secondary N) is 1. The zero-order valence-electron chi connectivity index (χ0n) is 12.0. The molecule has 0 atom stereocenters. The summed E-state index contributed by atoms with van der Waals surface area (Å²) < 4.78 is 0. The Hall–Kier alpha value is -0.280. The van der Waals surface area contributed by atoms with Crippen molar-refractivity contribution >= 4 is 18.3 Å². The second-order valence-electron chi connectivity index (χ2n) is 5.31. The highest BCUT2D eigenvalue weighted by atomic mass is 35.5. The zero-order chi connectivity index (χ0) is 11.8. The number of halogens is 1. The van der Waals surface area contributed by atoms with Crippen molar-refractivity contribution in [1.29, 1.82) is 0 Å². The molecule has 1 saturated carbocycles. The Balaban J connectivity index is 0. The van der Waals surface area contributed by atoms with Crippen LogP contribution >= 0.6 is 12.4 Å². The average Bonchev–Trinajstić information content (AvgIpc) is 2.29. The zero-order valence-corrected chi connectivity index (χ0v) is 12.9. The second-order valence-corrected chi connectivity index (χ2v) is 5.31. The number of carbonyl (C=O) groups is 1. The molecule has 0 saturated heterocycles. The Labute approximate surface area is 118 Å². The molecule has 0 bridgehead atoms. The van der Waals surface area contributed by atoms with Gasteiger partial charge in [0.15, 0.2) is 0 Å². The Morgan fingerprint density at radius 2 is 1.72 bits per heavy atom. The van der Waals surface area contributed by atoms with Crippen LogP contribution in [0.15, 0.2) is 0 Å². The van der Waals surface area contributed by atoms with Gasteiger partial charge < -0.3 is 11.5 Å². The van der Waals surface area contributed by atoms with E-state index >= 15 is 0 Å². The van der Waals surface area contributed by atoms with E-state index < -0.39 is 0 Å². The first-order valence-electron chi connectivity index (χ1n) is 7.01. The first kappa shape index (κ1) is 20.0. The molecule has 1 fully saturated rings. The molecule has 4 N–H and O–H groups in total. The van der Waals surface area contributed by atoms with Crippen molar-refractivity contribution in [3.63, 3.8) is 0 Å². The quantitative estimate of drug-likeness (QED) is 0.719. The second kappa shape index (κ2) is 11.8. The van der Waals surface area contributed by atoms with Crippen LogP contribution in [0, 0.1) is 11.8 Å². The summed E-state index contributed by atoms with van der Waals surface area (Å²) in [7, 11) is 0. The molecule has 1 aliphatic rings. The van der Waals surface area contributed by atoms with E-state index in [0.717, 1.165) is 31.7 Å². The highest BCUT2D eigenvalue weighted by Crippen LogP contribution is 2.28. The van der Waals surface area contributed by atoms with E-state index in [2.05, 4.69) is 19.2 Å². The summed E-state index contributed by atoms with van der Waals surface area (Å²) in [5.41, 5.74) is 0. The SMILES string of the molecule is CCCCCCNC(=O)C1CCC(C)CC1.Cl.N. The predicted molar refractivity (Wildman–Crippen MR) is 80.5 cm³/mol. The van der Waals surface area contributed by atoms with Gasteiger partial charge in [-0.3, -0.25) is 4.79 Å². The van der Waals surface area contributed by atoms with Crippen LogP contribution in [0.5, 0.6) is 0 Å². The van der Waals surface area contributed by atoms with Gasteiger partial charge in [0.2, 0.25) is 5.91 Å². The molecule has 0 radical (unpaired) electrons. The Morgan fingerprint density at radius 3 is 2.28 bits per heavy atom. The minimum atomic E-state index is 0. The molecule has 1 rings (SSSR count). The highest BCUT2D eigenvalue weighted by Gasteiger charge is 2.23. The fourth-order valence-electron chi connectivity index (χ4n) is 2.43. The van der Waals surface area contributed by atoms with Crippen LogP contribution in [0.3, 0.4) is 0 Å². The number of unbranched alkanes of at least 4 members (excludes halogenated alkanes) is 3. The van der Waals surface area contributed by atoms with E-state index in [1.165, 1.54) is 32.1 Å². The first-order chi connectivity index (χ1) is 7.74. The van der Waals surface area contributed by atoms with Crippen LogP contribution in [0.2, 0.25) is 0 Å². The van der Waals surface area contributed by atoms with Gasteiger partial charge in [-0.25, -0.2) is 0 Å². The van der Waals surface area contributed by atoms with Gasteiger partial charge in [-0.15, -0.1) is 12.4 Å². The van der Waals surface area contributed by atoms with Gasteiger partial charge in [0.25, 0.3) is 0 Å². The summed E-state index contributed by atoms with van der Waals surface area (Å²) in [6.45, 7) is 5.38. The lowest BCUT2D eigenvalue weighted by atomic mass is 9.82. The number of hydrogen-bond acceptors (Lipinski definition) is 2. The van der Waals surface area contributed by atoms with Crippen LogP contribution in [0.25, 0.3) is 0 Å². The number of carbonyl (C=O) groups excluding carboxylic acids is 1. The Kier molecular flexibility index (Phi) is 13.1. The normalized spacial score (nSPS) is 22.6. The molecule has 0 aromatic heterocycles. The van der Waals surface area contributed by atoms with Crippen molar-refractivity contribution in [2.45, 2.75) is 65.2 Å². The maximum atomic E-state index is 11.8. The summed E-state index contributed by atoms with van der Waals surface area (Å²) in [5, 5.41) is 3.09. The highest BCUT2D eigenvalue weighted by molar-refractivity contribution is 5.85. The van der Waals surface area contributed by atoms with Gasteiger partial charge >= 0.3 is 0 Å². The van der Waals surface area contributed by atoms with Crippen LogP contribution in [-0.4, -0.2) is 12.5 Å². The summed E-state index contributed by atoms with van der Waals surface area (Å²) in [6.07, 6.45) is 9.60. The van der Waals surface area contributed by atoms with Crippen LogP contribution in [-0.2, 0) is 4.79 Å². The van der Waals surface area contributed by atoms with E-state index in [1.807, 2.05) is 0 Å². The van der Waals surface area contributed by atoms with E-state index in [-0.39, 0.29) is 18.6 Å². The summed E-state index contributed by atoms with van der Waals surface area (Å²) in [6, 6.07) is 0. The molecular weight excluding hydrogens is 248 g/mol. The van der Waals surface area contributed by atoms with Crippen LogP contribution < -0.4 is 11.5 Å². The van der Waals surface area contributed by atoms with Crippen molar-refractivity contribution < 1.29 is 4.79 Å². The fraction of sp³-hybridized carbons (Fsp3) is 0.929. The van der Waals surface area contributed by atoms with E-state index in [4.69, 9.17) is 0 Å². The number of hydrogen-bond donors (Lipinski definition) is 2. The molecule has 1 amide bonds. The molecular formula is C14H31ClN2O. The van der Waals surface area contributed by atoms with Gasteiger partial charge in [-0.1, -0.05) is 33.1 Å². The average molecular weight is 279 g/mol. The van der Waals surface area contributed by atoms with Gasteiger partial charge in [0.1, 0.15) is 0 Å². The molecule has 4 heteroatoms. The predicted octanol–water partition coefficient (Wildman–Crippen LogP) is 4.09. The van der Waals surface area contributed by atoms with E-state index in [9.17, 15) is 4.79 Å². The van der Waals surface area contributed by atoms with Gasteiger partial charge in [0, 0.05) is 12.5 Å². The van der Waals surface area contributed by atoms with Gasteiger partial charge in [-0.05, 0) is 38.0 Å². The lowest BCUT2D eigenvalue weighted by molar-refractivity contribution is -0.126. The molecule has 110 valence electrons. The first-order valence-corrected chi connectivity index (χ1v) is 7.01. The molecule has 0 aromatic rings. The maximum absolute atomic E-state index is 11.8. The standard InChI is InChI=1S/C14H27NO.ClH.H3N/c1-3-4-5-6-11-15-14(16)13-9-7-12(2)8-10-13;;/h12-13H,3-11H2,1-2H3,(H,15,16);1H;1H3. The largest absolute Gasteiger partial charge is 0.356 e. The summed E-state index contributed by atoms with van der Waals surface area (Å²) in [5.74, 6) is 1.44. The van der Waals surface area contributed by atoms with E-state index in [0.29, 0.717) is 11.8 Å². The summed E-state index contributed by atoms with van der Waals surface area (Å²) >= 11 is 0. The van der Waals surface area contributed by atoms with E-state index in [1.54, 1.807) is 0 Å². The maximum Gasteiger partial charge on any atom is 0.223 e. The molecule has 0 aliphatic heterocycles. The molecule has 3 nitrogen and oxygen atoms in total. The minimum Gasteiger partial charge on any atom is -0.356 e. The lowest BCUT2D eigenvalue weighted by Crippen LogP contribution is -2.33. The molecule has 0 unspecified atom stereocenters. The van der Waals surface area contributed by atoms with Gasteiger partial charge in [-0.2, -0.15) is 0 Å². The van der Waals surface area contributed by atoms with Crippen molar-refractivity contribution in [2.75, 3.05) is 6.54 Å². The third-order valence-electron chi connectivity index (χ3n) is 3.72. The summed E-state index contributed by atoms with van der Waals surface area (Å²) in [4.78, 5) is 11.8. The molecule has 0 heterocycles. The molecule has 1 aliphatic carbocycles. The smallest absolute Gasteiger partial charge is 0.223 e. The van der Waals surface area contributed by atoms with Crippen molar-refractivity contribution in [3.8, 4) is 0 Å². The Bertz CT molecular complexity index is 204. The monoisotopic (exact) mass is 278 g/mol. The molecule has 0 aromatic carbocycles. The molecule has 0 spiro atoms. The third kappa shape index (κ3) is 7.93. The van der Waals surface area contributed by atoms with Crippen LogP contribution in [0.4, 0.5) is 0 Å². The number of amides is 1. The lowest BCUT2D eigenvalue weighted by Gasteiger charge is -2.25. The fourth-order valence-corrected chi connectivity index (χ4v) is 2.43. The van der Waals surface area contributed by atoms with Gasteiger partial charge in [0.05, 0.1) is 0 Å². The van der Waals surface area contributed by atoms with Crippen molar-refractivity contribution in [3.05, 3.63) is 0 Å². The minimum absolute atomic E-state index is 0.